The molecule has 6 heteroatoms. The molecule has 0 spiro atoms. The maximum atomic E-state index is 5.25. The highest BCUT2D eigenvalue weighted by Gasteiger charge is 2.19. The molecule has 4 aromatic heterocycles. The largest absolute Gasteiger partial charge is 0.309 e. The zero-order valence-electron chi connectivity index (χ0n) is 27.1. The summed E-state index contributed by atoms with van der Waals surface area (Å²) in [5.74, 6) is 2.00. The minimum Gasteiger partial charge on any atom is -0.309 e. The fraction of sp³-hybridized carbons (Fsp3) is 0. The van der Waals surface area contributed by atoms with Crippen molar-refractivity contribution in [3.05, 3.63) is 158 Å². The van der Waals surface area contributed by atoms with Crippen molar-refractivity contribution in [2.45, 2.75) is 0 Å². The molecule has 51 heavy (non-hydrogen) atoms. The fourth-order valence-corrected chi connectivity index (χ4v) is 9.87. The second-order valence-corrected chi connectivity index (χ2v) is 15.0. The maximum Gasteiger partial charge on any atom is 0.165 e. The first kappa shape index (κ1) is 28.6. The van der Waals surface area contributed by atoms with Gasteiger partial charge in [0.25, 0.3) is 0 Å². The molecular weight excluding hydrogens is 661 g/mol. The second-order valence-electron chi connectivity index (χ2n) is 12.8. The van der Waals surface area contributed by atoms with E-state index in [9.17, 15) is 0 Å². The van der Waals surface area contributed by atoms with Gasteiger partial charge in [0.05, 0.1) is 11.0 Å². The first-order valence-corrected chi connectivity index (χ1v) is 18.6. The Morgan fingerprint density at radius 3 is 1.78 bits per heavy atom. The minimum atomic E-state index is 0.656. The number of benzene rings is 7. The van der Waals surface area contributed by atoms with Crippen LogP contribution >= 0.6 is 22.7 Å². The first-order valence-electron chi connectivity index (χ1n) is 16.9. The van der Waals surface area contributed by atoms with Crippen molar-refractivity contribution in [3.8, 4) is 39.9 Å². The molecule has 0 amide bonds. The molecule has 11 aromatic rings. The van der Waals surface area contributed by atoms with Crippen LogP contribution in [0.1, 0.15) is 0 Å². The lowest BCUT2D eigenvalue weighted by Gasteiger charge is -2.10. The first-order chi connectivity index (χ1) is 25.3. The summed E-state index contributed by atoms with van der Waals surface area (Å²) in [6.45, 7) is 0. The van der Waals surface area contributed by atoms with Crippen LogP contribution in [0.25, 0.3) is 102 Å². The molecular formula is C45H26N4S2. The van der Waals surface area contributed by atoms with Crippen LogP contribution in [0.5, 0.6) is 0 Å². The Labute approximate surface area is 300 Å². The normalized spacial score (nSPS) is 11.9. The van der Waals surface area contributed by atoms with Crippen LogP contribution in [0, 0.1) is 0 Å². The van der Waals surface area contributed by atoms with Crippen LogP contribution < -0.4 is 0 Å². The van der Waals surface area contributed by atoms with Gasteiger partial charge in [-0.05, 0) is 60.7 Å². The highest BCUT2D eigenvalue weighted by atomic mass is 32.1. The zero-order chi connectivity index (χ0) is 33.5. The summed E-state index contributed by atoms with van der Waals surface area (Å²) in [7, 11) is 0. The summed E-state index contributed by atoms with van der Waals surface area (Å²) in [6.07, 6.45) is 0. The van der Waals surface area contributed by atoms with E-state index in [1.54, 1.807) is 11.3 Å². The van der Waals surface area contributed by atoms with E-state index in [4.69, 9.17) is 15.0 Å². The molecule has 0 saturated heterocycles. The van der Waals surface area contributed by atoms with E-state index in [-0.39, 0.29) is 0 Å². The molecule has 4 heterocycles. The van der Waals surface area contributed by atoms with Crippen LogP contribution in [0.2, 0.25) is 0 Å². The molecule has 11 rings (SSSR count). The van der Waals surface area contributed by atoms with Gasteiger partial charge in [-0.3, -0.25) is 0 Å². The number of fused-ring (bicyclic) bond motifs is 9. The molecule has 0 aliphatic carbocycles. The summed E-state index contributed by atoms with van der Waals surface area (Å²) in [5.41, 5.74) is 6.39. The van der Waals surface area contributed by atoms with Gasteiger partial charge < -0.3 is 4.57 Å². The molecule has 0 N–H and O–H groups in total. The van der Waals surface area contributed by atoms with E-state index < -0.39 is 0 Å². The third-order valence-corrected chi connectivity index (χ3v) is 12.2. The quantitative estimate of drug-likeness (QED) is 0.185. The lowest BCUT2D eigenvalue weighted by molar-refractivity contribution is 1.08. The Morgan fingerprint density at radius 1 is 0.373 bits per heavy atom. The highest BCUT2D eigenvalue weighted by molar-refractivity contribution is 7.26. The van der Waals surface area contributed by atoms with Crippen LogP contribution in [-0.2, 0) is 0 Å². The van der Waals surface area contributed by atoms with Crippen molar-refractivity contribution in [2.24, 2.45) is 0 Å². The van der Waals surface area contributed by atoms with E-state index in [1.165, 1.54) is 51.2 Å². The average Bonchev–Trinajstić information content (AvgIpc) is 3.87. The number of hydrogen-bond acceptors (Lipinski definition) is 5. The highest BCUT2D eigenvalue weighted by Crippen LogP contribution is 2.41. The zero-order valence-corrected chi connectivity index (χ0v) is 28.7. The Morgan fingerprint density at radius 2 is 0.961 bits per heavy atom. The van der Waals surface area contributed by atoms with Crippen molar-refractivity contribution < 1.29 is 0 Å². The van der Waals surface area contributed by atoms with Crippen molar-refractivity contribution in [1.29, 1.82) is 0 Å². The fourth-order valence-electron chi connectivity index (χ4n) is 7.51. The van der Waals surface area contributed by atoms with Gasteiger partial charge in [-0.1, -0.05) is 97.1 Å². The van der Waals surface area contributed by atoms with E-state index in [0.29, 0.717) is 17.5 Å². The van der Waals surface area contributed by atoms with Gasteiger partial charge in [-0.25, -0.2) is 15.0 Å². The Kier molecular flexibility index (Phi) is 6.26. The topological polar surface area (TPSA) is 43.6 Å². The summed E-state index contributed by atoms with van der Waals surface area (Å²) in [6, 6.07) is 56.0. The summed E-state index contributed by atoms with van der Waals surface area (Å²) >= 11 is 3.60. The Balaban J connectivity index is 1.16. The molecule has 0 fully saturated rings. The molecule has 7 aromatic carbocycles. The predicted octanol–water partition coefficient (Wildman–Crippen LogP) is 12.7. The van der Waals surface area contributed by atoms with Crippen LogP contribution in [0.4, 0.5) is 0 Å². The SMILES string of the molecule is c1ccc(-n2c3ccccc3c3cc(-c4nc(-c5ccc6c(c5)sc5ccccc56)nc(-c5cccc6c5sc5ccccc56)n4)ccc32)cc1. The molecule has 0 saturated carbocycles. The van der Waals surface area contributed by atoms with Gasteiger partial charge in [0, 0.05) is 73.5 Å². The third kappa shape index (κ3) is 4.47. The van der Waals surface area contributed by atoms with E-state index in [0.717, 1.165) is 33.3 Å². The number of para-hydroxylation sites is 2. The smallest absolute Gasteiger partial charge is 0.165 e. The molecule has 0 aliphatic rings. The Hall–Kier alpha value is -6.21. The molecule has 238 valence electrons. The second kappa shape index (κ2) is 11.2. The van der Waals surface area contributed by atoms with Crippen molar-refractivity contribution in [3.63, 3.8) is 0 Å². The average molecular weight is 687 g/mol. The molecule has 0 atom stereocenters. The molecule has 0 unspecified atom stereocenters. The lowest BCUT2D eigenvalue weighted by atomic mass is 10.1. The summed E-state index contributed by atoms with van der Waals surface area (Å²) < 4.78 is 7.27. The van der Waals surface area contributed by atoms with Gasteiger partial charge in [0.1, 0.15) is 0 Å². The molecule has 0 radical (unpaired) electrons. The van der Waals surface area contributed by atoms with Crippen LogP contribution in [0.15, 0.2) is 158 Å². The van der Waals surface area contributed by atoms with E-state index in [2.05, 4.69) is 162 Å². The van der Waals surface area contributed by atoms with Gasteiger partial charge in [-0.2, -0.15) is 0 Å². The lowest BCUT2D eigenvalue weighted by Crippen LogP contribution is -2.00. The van der Waals surface area contributed by atoms with Gasteiger partial charge >= 0.3 is 0 Å². The summed E-state index contributed by atoms with van der Waals surface area (Å²) in [4.78, 5) is 15.7. The Bertz CT molecular complexity index is 3150. The third-order valence-electron chi connectivity index (χ3n) is 9.86. The maximum absolute atomic E-state index is 5.25. The summed E-state index contributed by atoms with van der Waals surface area (Å²) in [5, 5.41) is 7.36. The van der Waals surface area contributed by atoms with Crippen molar-refractivity contribution in [2.75, 3.05) is 0 Å². The number of hydrogen-bond donors (Lipinski definition) is 0. The van der Waals surface area contributed by atoms with Crippen molar-refractivity contribution >= 4 is 84.8 Å². The number of thiophene rings is 2. The van der Waals surface area contributed by atoms with Gasteiger partial charge in [0.15, 0.2) is 17.5 Å². The van der Waals surface area contributed by atoms with E-state index in [1.807, 2.05) is 11.3 Å². The minimum absolute atomic E-state index is 0.656. The monoisotopic (exact) mass is 686 g/mol. The number of rotatable bonds is 4. The van der Waals surface area contributed by atoms with Crippen molar-refractivity contribution in [1.82, 2.24) is 19.5 Å². The molecule has 4 nitrogen and oxygen atoms in total. The molecule has 0 aliphatic heterocycles. The van der Waals surface area contributed by atoms with Gasteiger partial charge in [-0.15, -0.1) is 22.7 Å². The van der Waals surface area contributed by atoms with Crippen LogP contribution in [0.3, 0.4) is 0 Å². The van der Waals surface area contributed by atoms with Gasteiger partial charge in [0.2, 0.25) is 0 Å². The molecule has 0 bridgehead atoms. The predicted molar refractivity (Wildman–Crippen MR) is 216 cm³/mol. The standard InChI is InChI=1S/C45H26N4S2/c1-2-11-29(12-3-1)49-37-18-7-4-13-30(37)36-25-27(22-24-38(36)49)43-46-44(28-21-23-33-31-14-5-8-19-39(31)50-41(33)26-28)48-45(47-43)35-17-10-16-34-32-15-6-9-20-40(32)51-42(34)35/h1-26H. The number of nitrogens with zero attached hydrogens (tertiary/aromatic N) is 4. The van der Waals surface area contributed by atoms with Crippen LogP contribution in [-0.4, -0.2) is 19.5 Å². The van der Waals surface area contributed by atoms with E-state index >= 15 is 0 Å². The number of aromatic nitrogens is 4.